The Morgan fingerprint density at radius 2 is 1.53 bits per heavy atom. The van der Waals surface area contributed by atoms with Crippen LogP contribution < -0.4 is 0 Å². The van der Waals surface area contributed by atoms with Crippen LogP contribution in [0, 0.1) is 0 Å². The summed E-state index contributed by atoms with van der Waals surface area (Å²) in [5.74, 6) is 0. The fourth-order valence-electron chi connectivity index (χ4n) is 2.21. The van der Waals surface area contributed by atoms with E-state index in [9.17, 15) is 0 Å². The van der Waals surface area contributed by atoms with E-state index in [0.29, 0.717) is 0 Å². The maximum atomic E-state index is 2.60. The van der Waals surface area contributed by atoms with Gasteiger partial charge in [-0.15, -0.1) is 0 Å². The average Bonchev–Trinajstić information content (AvgIpc) is 2.28. The molecule has 0 heterocycles. The Hall–Kier alpha value is 0.830. The fourth-order valence-corrected chi connectivity index (χ4v) is 8.66. The molecule has 2 heteroatoms. The van der Waals surface area contributed by atoms with E-state index in [1.807, 2.05) is 0 Å². The van der Waals surface area contributed by atoms with Crippen molar-refractivity contribution in [2.45, 2.75) is 59.5 Å². The summed E-state index contributed by atoms with van der Waals surface area (Å²) in [5, 5.41) is 0. The van der Waals surface area contributed by atoms with E-state index in [1.54, 1.807) is 12.5 Å². The van der Waals surface area contributed by atoms with Crippen LogP contribution in [0.15, 0.2) is 0 Å². The minimum absolute atomic E-state index is 0.952. The summed E-state index contributed by atoms with van der Waals surface area (Å²) in [6.07, 6.45) is 4.27. The van der Waals surface area contributed by atoms with Crippen molar-refractivity contribution in [1.29, 1.82) is 0 Å². The summed E-state index contributed by atoms with van der Waals surface area (Å²) in [6.45, 7) is 13.3. The first-order chi connectivity index (χ1) is 7.28. The van der Waals surface area contributed by atoms with Crippen LogP contribution in [0.5, 0.6) is 0 Å². The van der Waals surface area contributed by atoms with Gasteiger partial charge in [0.2, 0.25) is 0 Å². The molecule has 0 N–H and O–H groups in total. The van der Waals surface area contributed by atoms with Crippen molar-refractivity contribution < 1.29 is 0 Å². The number of hydrogen-bond donors (Lipinski definition) is 0. The summed E-state index contributed by atoms with van der Waals surface area (Å²) >= 11 is -0.952. The van der Waals surface area contributed by atoms with Crippen LogP contribution in [0.4, 0.5) is 0 Å². The van der Waals surface area contributed by atoms with Gasteiger partial charge in [-0.2, -0.15) is 0 Å². The molecular weight excluding hydrogens is 285 g/mol. The van der Waals surface area contributed by atoms with Crippen LogP contribution in [-0.4, -0.2) is 46.0 Å². The van der Waals surface area contributed by atoms with E-state index in [2.05, 4.69) is 32.6 Å². The van der Waals surface area contributed by atoms with Gasteiger partial charge in [0.15, 0.2) is 0 Å². The zero-order valence-electron chi connectivity index (χ0n) is 11.4. The predicted molar refractivity (Wildman–Crippen MR) is 73.2 cm³/mol. The molecule has 0 aliphatic rings. The zero-order chi connectivity index (χ0) is 11.5. The van der Waals surface area contributed by atoms with Crippen LogP contribution in [0.2, 0.25) is 12.5 Å². The van der Waals surface area contributed by atoms with Gasteiger partial charge < -0.3 is 0 Å². The molecule has 0 atom stereocenters. The van der Waals surface area contributed by atoms with E-state index in [1.165, 1.54) is 38.9 Å². The zero-order valence-corrected chi connectivity index (χ0v) is 14.7. The average molecular weight is 315 g/mol. The Kier molecular flexibility index (Phi) is 11.9. The second-order valence-corrected chi connectivity index (χ2v) is 15.9. The van der Waals surface area contributed by atoms with Crippen molar-refractivity contribution in [1.82, 2.24) is 4.90 Å². The van der Waals surface area contributed by atoms with Gasteiger partial charge in [-0.3, -0.25) is 0 Å². The molecule has 1 nitrogen and oxygen atoms in total. The molecule has 0 bridgehead atoms. The van der Waals surface area contributed by atoms with E-state index >= 15 is 0 Å². The van der Waals surface area contributed by atoms with Crippen molar-refractivity contribution in [3.8, 4) is 0 Å². The topological polar surface area (TPSA) is 3.24 Å². The first-order valence-corrected chi connectivity index (χ1v) is 14.0. The fraction of sp³-hybridized carbons (Fsp3) is 1.00. The van der Waals surface area contributed by atoms with Crippen LogP contribution in [0.1, 0.15) is 47.0 Å². The Morgan fingerprint density at radius 1 is 0.867 bits per heavy atom. The van der Waals surface area contributed by atoms with Crippen molar-refractivity contribution in [2.75, 3.05) is 19.6 Å². The van der Waals surface area contributed by atoms with Gasteiger partial charge in [0, 0.05) is 0 Å². The molecule has 0 rings (SSSR count). The molecule has 0 spiro atoms. The van der Waals surface area contributed by atoms with Gasteiger partial charge in [0.05, 0.1) is 0 Å². The molecular formula is C13H30InN. The van der Waals surface area contributed by atoms with Gasteiger partial charge in [-0.05, 0) is 0 Å². The van der Waals surface area contributed by atoms with E-state index in [0.717, 1.165) is 0 Å². The standard InChI is InChI=1S/C9H20N.2C2H5.In/c1-4-7-9-10(6-3)8-5-2;2*1-2;/h1,4-9H2,2-3H3;2*1H2,2H3;. The number of hydrogen-bond acceptors (Lipinski definition) is 1. The van der Waals surface area contributed by atoms with Crippen molar-refractivity contribution in [3.63, 3.8) is 0 Å². The van der Waals surface area contributed by atoms with Gasteiger partial charge in [0.1, 0.15) is 0 Å². The summed E-state index contributed by atoms with van der Waals surface area (Å²) in [6, 6.07) is 0. The molecule has 0 aliphatic heterocycles. The van der Waals surface area contributed by atoms with Crippen LogP contribution in [-0.2, 0) is 0 Å². The molecule has 0 aliphatic carbocycles. The van der Waals surface area contributed by atoms with E-state index < -0.39 is 21.4 Å². The van der Waals surface area contributed by atoms with Gasteiger partial charge in [-0.25, -0.2) is 0 Å². The molecule has 0 amide bonds. The molecule has 0 radical (unpaired) electrons. The summed E-state index contributed by atoms with van der Waals surface area (Å²) in [5.41, 5.74) is 0. The maximum absolute atomic E-state index is 2.60. The predicted octanol–water partition coefficient (Wildman–Crippen LogP) is 4.03. The number of rotatable bonds is 10. The van der Waals surface area contributed by atoms with Crippen molar-refractivity contribution in [2.24, 2.45) is 0 Å². The third-order valence-corrected chi connectivity index (χ3v) is 13.6. The Morgan fingerprint density at radius 3 is 2.00 bits per heavy atom. The summed E-state index contributed by atoms with van der Waals surface area (Å²) < 4.78 is 4.80. The number of unbranched alkanes of at least 4 members (excludes halogenated alkanes) is 1. The second-order valence-electron chi connectivity index (χ2n) is 4.61. The molecule has 0 aromatic heterocycles. The molecule has 15 heavy (non-hydrogen) atoms. The van der Waals surface area contributed by atoms with Gasteiger partial charge in [-0.1, -0.05) is 0 Å². The van der Waals surface area contributed by atoms with Crippen LogP contribution in [0.25, 0.3) is 0 Å². The first kappa shape index (κ1) is 15.8. The SMILES string of the molecule is CCCN(CC)CCC[CH2][In]([CH2]C)[CH2]C. The van der Waals surface area contributed by atoms with E-state index in [4.69, 9.17) is 0 Å². The normalized spacial score (nSPS) is 11.0. The summed E-state index contributed by atoms with van der Waals surface area (Å²) in [4.78, 5) is 2.60. The Balaban J connectivity index is 3.42. The van der Waals surface area contributed by atoms with Gasteiger partial charge >= 0.3 is 105 Å². The summed E-state index contributed by atoms with van der Waals surface area (Å²) in [7, 11) is 0. The number of nitrogens with zero attached hydrogens (tertiary/aromatic N) is 1. The molecule has 0 aromatic carbocycles. The molecule has 0 saturated carbocycles. The van der Waals surface area contributed by atoms with E-state index in [-0.39, 0.29) is 0 Å². The second kappa shape index (κ2) is 11.3. The Labute approximate surface area is 105 Å². The Bertz CT molecular complexity index is 124. The molecule has 0 saturated heterocycles. The first-order valence-electron chi connectivity index (χ1n) is 7.00. The minimum atomic E-state index is -0.952. The molecule has 0 unspecified atom stereocenters. The molecule has 0 fully saturated rings. The monoisotopic (exact) mass is 315 g/mol. The van der Waals surface area contributed by atoms with Gasteiger partial charge in [0.25, 0.3) is 0 Å². The quantitative estimate of drug-likeness (QED) is 0.550. The van der Waals surface area contributed by atoms with Crippen molar-refractivity contribution >= 4 is 21.4 Å². The van der Waals surface area contributed by atoms with Crippen molar-refractivity contribution in [3.05, 3.63) is 0 Å². The van der Waals surface area contributed by atoms with Crippen LogP contribution in [0.3, 0.4) is 0 Å². The molecule has 0 aromatic rings. The molecule has 90 valence electrons. The third kappa shape index (κ3) is 8.62. The van der Waals surface area contributed by atoms with Crippen LogP contribution >= 0.6 is 0 Å². The third-order valence-electron chi connectivity index (χ3n) is 3.48.